The van der Waals surface area contributed by atoms with Gasteiger partial charge in [0.25, 0.3) is 5.92 Å². The van der Waals surface area contributed by atoms with E-state index >= 15 is 0 Å². The smallest absolute Gasteiger partial charge is 0.337 e. The van der Waals surface area contributed by atoms with E-state index < -0.39 is 5.92 Å². The maximum Gasteiger partial charge on any atom is 0.337 e. The summed E-state index contributed by atoms with van der Waals surface area (Å²) in [6.07, 6.45) is 0. The molecule has 2 atom stereocenters. The first kappa shape index (κ1) is 23.8. The van der Waals surface area contributed by atoms with Crippen LogP contribution in [0.1, 0.15) is 40.9 Å². The van der Waals surface area contributed by atoms with Crippen LogP contribution in [0, 0.1) is 0 Å². The van der Waals surface area contributed by atoms with Crippen molar-refractivity contribution >= 4 is 5.97 Å². The van der Waals surface area contributed by atoms with Crippen LogP contribution in [0.15, 0.2) is 48.5 Å². The van der Waals surface area contributed by atoms with E-state index in [1.807, 2.05) is 36.4 Å². The molecule has 0 bridgehead atoms. The molecule has 0 radical (unpaired) electrons. The van der Waals surface area contributed by atoms with Crippen LogP contribution in [0.2, 0.25) is 0 Å². The van der Waals surface area contributed by atoms with Gasteiger partial charge in [-0.3, -0.25) is 14.7 Å². The fourth-order valence-corrected chi connectivity index (χ4v) is 5.04. The van der Waals surface area contributed by atoms with E-state index in [9.17, 15) is 13.6 Å². The van der Waals surface area contributed by atoms with E-state index in [4.69, 9.17) is 4.74 Å². The normalized spacial score (nSPS) is 23.8. The van der Waals surface area contributed by atoms with Crippen LogP contribution in [0.3, 0.4) is 0 Å². The molecule has 0 spiro atoms. The van der Waals surface area contributed by atoms with Gasteiger partial charge in [0.2, 0.25) is 0 Å². The highest BCUT2D eigenvalue weighted by molar-refractivity contribution is 5.89. The molecule has 0 aliphatic carbocycles. The van der Waals surface area contributed by atoms with Crippen molar-refractivity contribution in [1.29, 1.82) is 0 Å². The Bertz CT molecular complexity index is 946. The van der Waals surface area contributed by atoms with Gasteiger partial charge in [0, 0.05) is 44.8 Å². The first-order valence-electron chi connectivity index (χ1n) is 11.6. The number of benzene rings is 2. The summed E-state index contributed by atoms with van der Waals surface area (Å²) in [6.45, 7) is 8.45. The minimum Gasteiger partial charge on any atom is -0.465 e. The van der Waals surface area contributed by atoms with Crippen LogP contribution in [-0.4, -0.2) is 72.0 Å². The van der Waals surface area contributed by atoms with E-state index in [0.29, 0.717) is 24.2 Å². The molecule has 0 saturated carbocycles. The lowest BCUT2D eigenvalue weighted by molar-refractivity contribution is -0.133. The summed E-state index contributed by atoms with van der Waals surface area (Å²) in [5.74, 6) is -2.84. The highest BCUT2D eigenvalue weighted by Crippen LogP contribution is 2.28. The minimum atomic E-state index is -2.52. The van der Waals surface area contributed by atoms with Crippen LogP contribution < -0.4 is 0 Å². The van der Waals surface area contributed by atoms with Crippen LogP contribution >= 0.6 is 0 Å². The first-order chi connectivity index (χ1) is 15.7. The van der Waals surface area contributed by atoms with E-state index in [1.165, 1.54) is 18.2 Å². The Balaban J connectivity index is 1.32. The second-order valence-corrected chi connectivity index (χ2v) is 9.57. The largest absolute Gasteiger partial charge is 0.465 e. The fraction of sp³-hybridized carbons (Fsp3) is 0.500. The Morgan fingerprint density at radius 2 is 1.48 bits per heavy atom. The zero-order valence-corrected chi connectivity index (χ0v) is 19.6. The highest BCUT2D eigenvalue weighted by Gasteiger charge is 2.43. The SMILES string of the molecule is COC(=O)c1ccc(CN2C[C@@H](C)N(Cc3cccc(CN4CC(F)(F)C4)c3)[C@@H](C)C2)cc1. The van der Waals surface area contributed by atoms with Gasteiger partial charge >= 0.3 is 5.97 Å². The number of nitrogens with zero attached hydrogens (tertiary/aromatic N) is 3. The molecule has 2 aromatic carbocycles. The lowest BCUT2D eigenvalue weighted by atomic mass is 10.0. The Morgan fingerprint density at radius 1 is 0.909 bits per heavy atom. The highest BCUT2D eigenvalue weighted by atomic mass is 19.3. The van der Waals surface area contributed by atoms with Crippen molar-refractivity contribution in [1.82, 2.24) is 14.7 Å². The lowest BCUT2D eigenvalue weighted by Crippen LogP contribution is -2.55. The number of ether oxygens (including phenoxy) is 1. The van der Waals surface area contributed by atoms with Crippen LogP contribution in [-0.2, 0) is 24.4 Å². The third-order valence-electron chi connectivity index (χ3n) is 6.63. The minimum absolute atomic E-state index is 0.140. The van der Waals surface area contributed by atoms with E-state index in [2.05, 4.69) is 35.8 Å². The molecule has 4 rings (SSSR count). The van der Waals surface area contributed by atoms with Gasteiger partial charge in [0.15, 0.2) is 0 Å². The van der Waals surface area contributed by atoms with E-state index in [-0.39, 0.29) is 19.1 Å². The summed E-state index contributed by atoms with van der Waals surface area (Å²) in [4.78, 5) is 18.4. The van der Waals surface area contributed by atoms with E-state index in [0.717, 1.165) is 31.7 Å². The first-order valence-corrected chi connectivity index (χ1v) is 11.6. The van der Waals surface area contributed by atoms with Gasteiger partial charge in [-0.25, -0.2) is 13.6 Å². The van der Waals surface area contributed by atoms with Crippen molar-refractivity contribution < 1.29 is 18.3 Å². The molecule has 0 amide bonds. The zero-order valence-electron chi connectivity index (χ0n) is 19.6. The average Bonchev–Trinajstić information content (AvgIpc) is 2.75. The van der Waals surface area contributed by atoms with Crippen molar-refractivity contribution in [2.24, 2.45) is 0 Å². The predicted octanol–water partition coefficient (Wildman–Crippen LogP) is 4.02. The number of halogens is 2. The number of carbonyl (C=O) groups excluding carboxylic acids is 1. The molecular formula is C26H33F2N3O2. The Kier molecular flexibility index (Phi) is 7.12. The number of esters is 1. The molecule has 2 saturated heterocycles. The maximum atomic E-state index is 13.1. The molecule has 33 heavy (non-hydrogen) atoms. The molecule has 0 N–H and O–H groups in total. The molecule has 0 aromatic heterocycles. The van der Waals surface area contributed by atoms with Gasteiger partial charge in [0.1, 0.15) is 0 Å². The molecule has 2 fully saturated rings. The molecule has 2 aromatic rings. The standard InChI is InChI=1S/C26H33F2N3O2/c1-19-12-29(14-21-7-9-24(10-8-21)25(32)33-3)13-20(2)31(19)16-23-6-4-5-22(11-23)15-30-17-26(27,28)18-30/h4-11,19-20H,12-18H2,1-3H3/t19-,20+. The van der Waals surface area contributed by atoms with Crippen molar-refractivity contribution in [2.75, 3.05) is 33.3 Å². The third-order valence-corrected chi connectivity index (χ3v) is 6.63. The Hall–Kier alpha value is -2.35. The number of hydrogen-bond acceptors (Lipinski definition) is 5. The van der Waals surface area contributed by atoms with Crippen LogP contribution in [0.25, 0.3) is 0 Å². The molecule has 5 nitrogen and oxygen atoms in total. The predicted molar refractivity (Wildman–Crippen MR) is 124 cm³/mol. The van der Waals surface area contributed by atoms with Crippen molar-refractivity contribution in [3.05, 3.63) is 70.8 Å². The van der Waals surface area contributed by atoms with Gasteiger partial charge in [0.05, 0.1) is 25.8 Å². The topological polar surface area (TPSA) is 36.0 Å². The molecular weight excluding hydrogens is 424 g/mol. The Labute approximate surface area is 194 Å². The number of piperazine rings is 1. The quantitative estimate of drug-likeness (QED) is 0.587. The average molecular weight is 458 g/mol. The van der Waals surface area contributed by atoms with Gasteiger partial charge in [-0.15, -0.1) is 0 Å². The third kappa shape index (κ3) is 5.96. The molecule has 2 heterocycles. The van der Waals surface area contributed by atoms with Crippen LogP contribution in [0.5, 0.6) is 0 Å². The van der Waals surface area contributed by atoms with Gasteiger partial charge < -0.3 is 4.74 Å². The molecule has 0 unspecified atom stereocenters. The van der Waals surface area contributed by atoms with E-state index in [1.54, 1.807) is 4.90 Å². The monoisotopic (exact) mass is 457 g/mol. The number of hydrogen-bond donors (Lipinski definition) is 0. The fourth-order valence-electron chi connectivity index (χ4n) is 5.04. The Morgan fingerprint density at radius 3 is 2.06 bits per heavy atom. The molecule has 2 aliphatic rings. The summed E-state index contributed by atoms with van der Waals surface area (Å²) >= 11 is 0. The summed E-state index contributed by atoms with van der Waals surface area (Å²) in [5.41, 5.74) is 4.07. The maximum absolute atomic E-state index is 13.1. The summed E-state index contributed by atoms with van der Waals surface area (Å²) < 4.78 is 31.0. The number of alkyl halides is 2. The molecule has 7 heteroatoms. The van der Waals surface area contributed by atoms with Gasteiger partial charge in [-0.1, -0.05) is 36.4 Å². The molecule has 178 valence electrons. The molecule has 2 aliphatic heterocycles. The summed E-state index contributed by atoms with van der Waals surface area (Å²) in [7, 11) is 1.39. The van der Waals surface area contributed by atoms with Gasteiger partial charge in [-0.05, 0) is 42.7 Å². The zero-order chi connectivity index (χ0) is 23.6. The van der Waals surface area contributed by atoms with Crippen molar-refractivity contribution in [3.8, 4) is 0 Å². The summed E-state index contributed by atoms with van der Waals surface area (Å²) in [5, 5.41) is 0. The van der Waals surface area contributed by atoms with Gasteiger partial charge in [-0.2, -0.15) is 0 Å². The second kappa shape index (κ2) is 9.87. The lowest BCUT2D eigenvalue weighted by Gasteiger charge is -2.44. The van der Waals surface area contributed by atoms with Crippen molar-refractivity contribution in [3.63, 3.8) is 0 Å². The number of methoxy groups -OCH3 is 1. The second-order valence-electron chi connectivity index (χ2n) is 9.57. The van der Waals surface area contributed by atoms with Crippen LogP contribution in [0.4, 0.5) is 8.78 Å². The number of rotatable bonds is 7. The number of carbonyl (C=O) groups is 1. The number of likely N-dealkylation sites (tertiary alicyclic amines) is 1. The summed E-state index contributed by atoms with van der Waals surface area (Å²) in [6, 6.07) is 16.7. The van der Waals surface area contributed by atoms with Crippen molar-refractivity contribution in [2.45, 2.75) is 51.5 Å².